The monoisotopic (exact) mass is 330 g/mol. The van der Waals surface area contributed by atoms with E-state index in [0.717, 1.165) is 12.2 Å². The molecule has 0 spiro atoms. The lowest BCUT2D eigenvalue weighted by molar-refractivity contribution is -0.127. The number of rotatable bonds is 8. The normalized spacial score (nSPS) is 13.5. The minimum Gasteiger partial charge on any atom is -0.481 e. The fourth-order valence-corrected chi connectivity index (χ4v) is 2.42. The van der Waals surface area contributed by atoms with Crippen molar-refractivity contribution in [2.24, 2.45) is 0 Å². The van der Waals surface area contributed by atoms with Gasteiger partial charge >= 0.3 is 0 Å². The summed E-state index contributed by atoms with van der Waals surface area (Å²) in [6, 6.07) is 11.6. The first-order valence-electron chi connectivity index (χ1n) is 8.24. The van der Waals surface area contributed by atoms with Crippen LogP contribution in [0, 0.1) is 0 Å². The molecule has 24 heavy (non-hydrogen) atoms. The topological polar surface area (TPSA) is 54.7 Å². The van der Waals surface area contributed by atoms with Crippen molar-refractivity contribution in [3.63, 3.8) is 0 Å². The predicted molar refractivity (Wildman–Crippen MR) is 94.1 cm³/mol. The molecule has 1 aromatic carbocycles. The summed E-state index contributed by atoms with van der Waals surface area (Å²) >= 11 is 0. The summed E-state index contributed by atoms with van der Waals surface area (Å²) in [5.74, 6) is 1.38. The van der Waals surface area contributed by atoms with Gasteiger partial charge in [0, 0.05) is 6.54 Å². The second kappa shape index (κ2) is 8.55. The Morgan fingerprint density at radius 3 is 2.50 bits per heavy atom. The van der Waals surface area contributed by atoms with Crippen molar-refractivity contribution in [1.82, 2.24) is 10.2 Å². The summed E-state index contributed by atoms with van der Waals surface area (Å²) in [7, 11) is 3.91. The van der Waals surface area contributed by atoms with Crippen LogP contribution in [0.25, 0.3) is 0 Å². The van der Waals surface area contributed by atoms with Gasteiger partial charge in [-0.15, -0.1) is 0 Å². The SMILES string of the molecule is CCc1ccc(O[C@@H](C)C(=O)NC[C@H](c2ccco2)N(C)C)cc1. The van der Waals surface area contributed by atoms with E-state index in [9.17, 15) is 4.79 Å². The number of likely N-dealkylation sites (N-methyl/N-ethyl adjacent to an activating group) is 1. The molecule has 0 radical (unpaired) electrons. The minimum atomic E-state index is -0.558. The van der Waals surface area contributed by atoms with Gasteiger partial charge < -0.3 is 14.5 Å². The molecule has 1 N–H and O–H groups in total. The number of aryl methyl sites for hydroxylation is 1. The van der Waals surface area contributed by atoms with Crippen LogP contribution in [0.5, 0.6) is 5.75 Å². The Balaban J connectivity index is 1.88. The van der Waals surface area contributed by atoms with E-state index < -0.39 is 6.10 Å². The van der Waals surface area contributed by atoms with Crippen LogP contribution in [0.1, 0.15) is 31.2 Å². The Hall–Kier alpha value is -2.27. The Bertz CT molecular complexity index is 621. The second-order valence-electron chi connectivity index (χ2n) is 6.00. The number of furan rings is 1. The lowest BCUT2D eigenvalue weighted by Crippen LogP contribution is -2.40. The van der Waals surface area contributed by atoms with Gasteiger partial charge in [-0.25, -0.2) is 0 Å². The van der Waals surface area contributed by atoms with Gasteiger partial charge in [-0.2, -0.15) is 0 Å². The molecule has 1 heterocycles. The fraction of sp³-hybridized carbons (Fsp3) is 0.421. The third kappa shape index (κ3) is 4.86. The zero-order valence-electron chi connectivity index (χ0n) is 14.8. The van der Waals surface area contributed by atoms with E-state index in [0.29, 0.717) is 12.3 Å². The van der Waals surface area contributed by atoms with Gasteiger partial charge in [0.15, 0.2) is 6.10 Å². The Morgan fingerprint density at radius 2 is 1.96 bits per heavy atom. The van der Waals surface area contributed by atoms with E-state index in [4.69, 9.17) is 9.15 Å². The van der Waals surface area contributed by atoms with Crippen LogP contribution in [-0.2, 0) is 11.2 Å². The maximum absolute atomic E-state index is 12.3. The Labute approximate surface area is 143 Å². The molecule has 2 aromatic rings. The summed E-state index contributed by atoms with van der Waals surface area (Å²) in [4.78, 5) is 14.3. The third-order valence-corrected chi connectivity index (χ3v) is 3.98. The molecule has 0 saturated heterocycles. The number of ether oxygens (including phenoxy) is 1. The highest BCUT2D eigenvalue weighted by Crippen LogP contribution is 2.18. The minimum absolute atomic E-state index is 0.0139. The average Bonchev–Trinajstić information content (AvgIpc) is 3.09. The Morgan fingerprint density at radius 1 is 1.25 bits per heavy atom. The predicted octanol–water partition coefficient (Wildman–Crippen LogP) is 3.03. The number of nitrogens with one attached hydrogen (secondary N) is 1. The molecule has 0 aliphatic heterocycles. The molecule has 0 saturated carbocycles. The lowest BCUT2D eigenvalue weighted by Gasteiger charge is -2.23. The summed E-state index contributed by atoms with van der Waals surface area (Å²) in [5.41, 5.74) is 1.24. The number of hydrogen-bond donors (Lipinski definition) is 1. The Kier molecular flexibility index (Phi) is 6.44. The van der Waals surface area contributed by atoms with Crippen molar-refractivity contribution in [1.29, 1.82) is 0 Å². The number of benzene rings is 1. The zero-order valence-corrected chi connectivity index (χ0v) is 14.8. The van der Waals surface area contributed by atoms with Gasteiger partial charge in [0.1, 0.15) is 11.5 Å². The molecule has 1 aromatic heterocycles. The first kappa shape index (κ1) is 18.1. The van der Waals surface area contributed by atoms with Crippen molar-refractivity contribution in [3.05, 3.63) is 54.0 Å². The third-order valence-electron chi connectivity index (χ3n) is 3.98. The molecule has 0 aliphatic rings. The number of carbonyl (C=O) groups excluding carboxylic acids is 1. The van der Waals surface area contributed by atoms with E-state index >= 15 is 0 Å². The molecule has 130 valence electrons. The van der Waals surface area contributed by atoms with Gasteiger partial charge in [0.05, 0.1) is 12.3 Å². The molecule has 0 unspecified atom stereocenters. The maximum atomic E-state index is 12.3. The van der Waals surface area contributed by atoms with Gasteiger partial charge in [-0.1, -0.05) is 19.1 Å². The molecule has 0 aliphatic carbocycles. The standard InChI is InChI=1S/C19H26N2O3/c1-5-15-8-10-16(11-9-15)24-14(2)19(22)20-13-17(21(3)4)18-7-6-12-23-18/h6-12,14,17H,5,13H2,1-4H3,(H,20,22)/t14-,17+/m0/s1. The first-order valence-corrected chi connectivity index (χ1v) is 8.24. The number of nitrogens with zero attached hydrogens (tertiary/aromatic N) is 1. The lowest BCUT2D eigenvalue weighted by atomic mass is 10.2. The highest BCUT2D eigenvalue weighted by atomic mass is 16.5. The molecule has 5 heteroatoms. The molecule has 0 bridgehead atoms. The van der Waals surface area contributed by atoms with E-state index in [1.807, 2.05) is 55.4 Å². The summed E-state index contributed by atoms with van der Waals surface area (Å²) < 4.78 is 11.2. The highest BCUT2D eigenvalue weighted by Gasteiger charge is 2.20. The van der Waals surface area contributed by atoms with Crippen LogP contribution < -0.4 is 10.1 Å². The van der Waals surface area contributed by atoms with E-state index in [2.05, 4.69) is 12.2 Å². The van der Waals surface area contributed by atoms with Crippen LogP contribution in [0.4, 0.5) is 0 Å². The quantitative estimate of drug-likeness (QED) is 0.808. The van der Waals surface area contributed by atoms with E-state index in [-0.39, 0.29) is 11.9 Å². The van der Waals surface area contributed by atoms with Crippen molar-refractivity contribution >= 4 is 5.91 Å². The van der Waals surface area contributed by atoms with E-state index in [1.165, 1.54) is 5.56 Å². The first-order chi connectivity index (χ1) is 11.5. The van der Waals surface area contributed by atoms with Gasteiger partial charge in [-0.3, -0.25) is 9.69 Å². The highest BCUT2D eigenvalue weighted by molar-refractivity contribution is 5.80. The van der Waals surface area contributed by atoms with Gasteiger partial charge in [0.2, 0.25) is 0 Å². The molecular weight excluding hydrogens is 304 g/mol. The van der Waals surface area contributed by atoms with Crippen molar-refractivity contribution in [2.45, 2.75) is 32.4 Å². The molecule has 2 atom stereocenters. The smallest absolute Gasteiger partial charge is 0.260 e. The summed E-state index contributed by atoms with van der Waals surface area (Å²) in [5, 5.41) is 2.93. The summed E-state index contributed by atoms with van der Waals surface area (Å²) in [6.45, 7) is 4.31. The molecule has 1 amide bonds. The number of hydrogen-bond acceptors (Lipinski definition) is 4. The van der Waals surface area contributed by atoms with Crippen LogP contribution in [0.15, 0.2) is 47.1 Å². The van der Waals surface area contributed by atoms with E-state index in [1.54, 1.807) is 13.2 Å². The summed E-state index contributed by atoms with van der Waals surface area (Å²) in [6.07, 6.45) is 2.06. The number of amides is 1. The van der Waals surface area contributed by atoms with Crippen LogP contribution in [0.3, 0.4) is 0 Å². The molecular formula is C19H26N2O3. The molecule has 5 nitrogen and oxygen atoms in total. The second-order valence-corrected chi connectivity index (χ2v) is 6.00. The van der Waals surface area contributed by atoms with Crippen molar-refractivity contribution in [2.75, 3.05) is 20.6 Å². The zero-order chi connectivity index (χ0) is 17.5. The largest absolute Gasteiger partial charge is 0.481 e. The molecule has 0 fully saturated rings. The number of carbonyl (C=O) groups is 1. The van der Waals surface area contributed by atoms with Crippen LogP contribution in [0.2, 0.25) is 0 Å². The van der Waals surface area contributed by atoms with Crippen molar-refractivity contribution in [3.8, 4) is 5.75 Å². The van der Waals surface area contributed by atoms with Gasteiger partial charge in [0.25, 0.3) is 5.91 Å². The molecule has 2 rings (SSSR count). The average molecular weight is 330 g/mol. The van der Waals surface area contributed by atoms with Crippen LogP contribution >= 0.6 is 0 Å². The maximum Gasteiger partial charge on any atom is 0.260 e. The van der Waals surface area contributed by atoms with Gasteiger partial charge in [-0.05, 0) is 57.3 Å². The van der Waals surface area contributed by atoms with Crippen molar-refractivity contribution < 1.29 is 13.9 Å². The fourth-order valence-electron chi connectivity index (χ4n) is 2.42. The van der Waals surface area contributed by atoms with Crippen LogP contribution in [-0.4, -0.2) is 37.6 Å².